The lowest BCUT2D eigenvalue weighted by Gasteiger charge is -2.37. The number of piperazine rings is 1. The molecule has 2 saturated heterocycles. The first-order chi connectivity index (χ1) is 15.2. The minimum atomic E-state index is -0.236. The predicted molar refractivity (Wildman–Crippen MR) is 122 cm³/mol. The molecule has 1 unspecified atom stereocenters. The number of rotatable bonds is 5. The van der Waals surface area contributed by atoms with Gasteiger partial charge < -0.3 is 19.9 Å². The number of ether oxygens (including phenoxy) is 1. The summed E-state index contributed by atoms with van der Waals surface area (Å²) < 4.78 is 5.56. The Morgan fingerprint density at radius 1 is 1.16 bits per heavy atom. The summed E-state index contributed by atoms with van der Waals surface area (Å²) in [6.45, 7) is 7.15. The molecular weight excluding hydrogens is 390 g/mol. The number of benzene rings is 1. The quantitative estimate of drug-likeness (QED) is 0.594. The number of hydrogen-bond acceptors (Lipinski definition) is 4. The molecule has 1 N–H and O–H groups in total. The highest BCUT2D eigenvalue weighted by Crippen LogP contribution is 2.19. The van der Waals surface area contributed by atoms with Gasteiger partial charge in [0.25, 0.3) is 5.91 Å². The topological polar surface area (TPSA) is 70.1 Å². The van der Waals surface area contributed by atoms with Gasteiger partial charge in [-0.25, -0.2) is 4.99 Å². The molecule has 0 aliphatic carbocycles. The fourth-order valence-corrected chi connectivity index (χ4v) is 4.07. The first kappa shape index (κ1) is 21.3. The highest BCUT2D eigenvalue weighted by atomic mass is 16.5. The van der Waals surface area contributed by atoms with Crippen molar-refractivity contribution in [3.8, 4) is 11.3 Å². The number of amides is 1. The first-order valence-electron chi connectivity index (χ1n) is 11.2. The summed E-state index contributed by atoms with van der Waals surface area (Å²) in [6.07, 6.45) is 3.41. The Bertz CT molecular complexity index is 888. The maximum Gasteiger partial charge on any atom is 0.251 e. The third-order valence-corrected chi connectivity index (χ3v) is 5.73. The zero-order valence-electron chi connectivity index (χ0n) is 18.2. The van der Waals surface area contributed by atoms with Gasteiger partial charge in [-0.3, -0.25) is 9.78 Å². The van der Waals surface area contributed by atoms with Crippen molar-refractivity contribution in [3.63, 3.8) is 0 Å². The highest BCUT2D eigenvalue weighted by Gasteiger charge is 2.30. The lowest BCUT2D eigenvalue weighted by molar-refractivity contribution is -0.142. The van der Waals surface area contributed by atoms with Crippen LogP contribution in [0.25, 0.3) is 11.3 Å². The molecule has 7 nitrogen and oxygen atoms in total. The molecule has 164 valence electrons. The minimum absolute atomic E-state index is 0.144. The van der Waals surface area contributed by atoms with Crippen LogP contribution < -0.4 is 5.32 Å². The van der Waals surface area contributed by atoms with Crippen molar-refractivity contribution in [2.75, 3.05) is 39.3 Å². The monoisotopic (exact) mass is 421 g/mol. The maximum absolute atomic E-state index is 12.6. The summed E-state index contributed by atoms with van der Waals surface area (Å²) in [5.41, 5.74) is 3.21. The molecule has 1 atom stereocenters. The Kier molecular flexibility index (Phi) is 7.14. The van der Waals surface area contributed by atoms with Crippen LogP contribution in [-0.2, 0) is 16.1 Å². The van der Waals surface area contributed by atoms with Gasteiger partial charge in [0, 0.05) is 51.1 Å². The summed E-state index contributed by atoms with van der Waals surface area (Å²) in [4.78, 5) is 26.1. The van der Waals surface area contributed by atoms with E-state index in [0.717, 1.165) is 55.3 Å². The van der Waals surface area contributed by atoms with Gasteiger partial charge in [-0.05, 0) is 43.5 Å². The fourth-order valence-electron chi connectivity index (χ4n) is 4.07. The number of hydrogen-bond donors (Lipinski definition) is 1. The molecule has 2 aliphatic rings. The molecule has 0 saturated carbocycles. The Hall–Kier alpha value is -2.93. The molecule has 1 aromatic carbocycles. The average molecular weight is 422 g/mol. The van der Waals surface area contributed by atoms with Gasteiger partial charge in [0.05, 0.1) is 12.2 Å². The van der Waals surface area contributed by atoms with Crippen molar-refractivity contribution in [1.82, 2.24) is 20.1 Å². The fraction of sp³-hybridized carbons (Fsp3) is 0.458. The first-order valence-corrected chi connectivity index (χ1v) is 11.2. The average Bonchev–Trinajstić information content (AvgIpc) is 3.37. The van der Waals surface area contributed by atoms with Crippen molar-refractivity contribution in [2.24, 2.45) is 4.99 Å². The summed E-state index contributed by atoms with van der Waals surface area (Å²) >= 11 is 0. The van der Waals surface area contributed by atoms with Crippen molar-refractivity contribution >= 4 is 11.9 Å². The maximum atomic E-state index is 12.6. The van der Waals surface area contributed by atoms with Crippen LogP contribution in [0.1, 0.15) is 25.3 Å². The molecule has 0 radical (unpaired) electrons. The van der Waals surface area contributed by atoms with Crippen LogP contribution in [0, 0.1) is 0 Å². The summed E-state index contributed by atoms with van der Waals surface area (Å²) in [6, 6.07) is 14.3. The van der Waals surface area contributed by atoms with Crippen LogP contribution in [0.15, 0.2) is 53.7 Å². The molecule has 7 heteroatoms. The van der Waals surface area contributed by atoms with E-state index in [2.05, 4.69) is 46.4 Å². The van der Waals surface area contributed by atoms with Gasteiger partial charge >= 0.3 is 0 Å². The second kappa shape index (κ2) is 10.4. The van der Waals surface area contributed by atoms with Crippen molar-refractivity contribution in [1.29, 1.82) is 0 Å². The third-order valence-electron chi connectivity index (χ3n) is 5.73. The largest absolute Gasteiger partial charge is 0.368 e. The van der Waals surface area contributed by atoms with Gasteiger partial charge in [0.1, 0.15) is 6.10 Å². The summed E-state index contributed by atoms with van der Waals surface area (Å²) in [5.74, 6) is 1.04. The van der Waals surface area contributed by atoms with E-state index in [9.17, 15) is 4.79 Å². The minimum Gasteiger partial charge on any atom is -0.368 e. The number of nitrogens with one attached hydrogen (secondary N) is 1. The van der Waals surface area contributed by atoms with Crippen molar-refractivity contribution in [2.45, 2.75) is 32.4 Å². The Balaban J connectivity index is 1.38. The Morgan fingerprint density at radius 2 is 2.00 bits per heavy atom. The zero-order valence-corrected chi connectivity index (χ0v) is 18.2. The molecule has 1 aromatic heterocycles. The van der Waals surface area contributed by atoms with E-state index in [1.165, 1.54) is 0 Å². The van der Waals surface area contributed by atoms with Crippen LogP contribution >= 0.6 is 0 Å². The highest BCUT2D eigenvalue weighted by molar-refractivity contribution is 5.83. The SMILES string of the molecule is CCNC(=NCc1cccc(-c2ccccn2)c1)N1CCN(C(=O)C2CCCO2)CC1. The molecule has 31 heavy (non-hydrogen) atoms. The number of aromatic nitrogens is 1. The lowest BCUT2D eigenvalue weighted by atomic mass is 10.1. The van der Waals surface area contributed by atoms with Crippen molar-refractivity contribution < 1.29 is 9.53 Å². The number of guanidine groups is 1. The molecule has 2 aromatic rings. The van der Waals surface area contributed by atoms with E-state index in [-0.39, 0.29) is 12.0 Å². The van der Waals surface area contributed by atoms with Gasteiger partial charge in [-0.15, -0.1) is 0 Å². The molecular formula is C24H31N5O2. The van der Waals surface area contributed by atoms with Crippen molar-refractivity contribution in [3.05, 3.63) is 54.2 Å². The van der Waals surface area contributed by atoms with Crippen LogP contribution in [0.4, 0.5) is 0 Å². The molecule has 3 heterocycles. The van der Waals surface area contributed by atoms with Crippen LogP contribution in [-0.4, -0.2) is 72.1 Å². The van der Waals surface area contributed by atoms with E-state index in [1.54, 1.807) is 0 Å². The van der Waals surface area contributed by atoms with E-state index < -0.39 is 0 Å². The van der Waals surface area contributed by atoms with E-state index in [1.807, 2.05) is 29.3 Å². The third kappa shape index (κ3) is 5.41. The van der Waals surface area contributed by atoms with Crippen LogP contribution in [0.3, 0.4) is 0 Å². The predicted octanol–water partition coefficient (Wildman–Crippen LogP) is 2.54. The molecule has 2 fully saturated rings. The summed E-state index contributed by atoms with van der Waals surface area (Å²) in [7, 11) is 0. The van der Waals surface area contributed by atoms with Gasteiger partial charge in [-0.1, -0.05) is 24.3 Å². The molecule has 1 amide bonds. The second-order valence-corrected chi connectivity index (χ2v) is 7.90. The molecule has 0 spiro atoms. The standard InChI is InChI=1S/C24H31N5O2/c1-2-25-24(29-14-12-28(13-15-29)23(30)22-10-6-16-31-22)27-18-19-7-5-8-20(17-19)21-9-3-4-11-26-21/h3-5,7-9,11,17,22H,2,6,10,12-16,18H2,1H3,(H,25,27). The zero-order chi connectivity index (χ0) is 21.5. The van der Waals surface area contributed by atoms with E-state index >= 15 is 0 Å². The van der Waals surface area contributed by atoms with Gasteiger partial charge in [0.2, 0.25) is 0 Å². The Morgan fingerprint density at radius 3 is 2.71 bits per heavy atom. The van der Waals surface area contributed by atoms with E-state index in [0.29, 0.717) is 26.2 Å². The summed E-state index contributed by atoms with van der Waals surface area (Å²) in [5, 5.41) is 3.40. The van der Waals surface area contributed by atoms with Crippen LogP contribution in [0.5, 0.6) is 0 Å². The second-order valence-electron chi connectivity index (χ2n) is 7.90. The lowest BCUT2D eigenvalue weighted by Crippen LogP contribution is -2.55. The number of nitrogens with zero attached hydrogens (tertiary/aromatic N) is 4. The van der Waals surface area contributed by atoms with Crippen LogP contribution in [0.2, 0.25) is 0 Å². The number of pyridine rings is 1. The van der Waals surface area contributed by atoms with E-state index in [4.69, 9.17) is 9.73 Å². The van der Waals surface area contributed by atoms with Gasteiger partial charge in [-0.2, -0.15) is 0 Å². The number of carbonyl (C=O) groups excluding carboxylic acids is 1. The smallest absolute Gasteiger partial charge is 0.251 e. The number of carbonyl (C=O) groups is 1. The Labute approximate surface area is 184 Å². The number of aliphatic imine (C=N–C) groups is 1. The molecule has 2 aliphatic heterocycles. The molecule has 4 rings (SSSR count). The molecule has 0 bridgehead atoms. The van der Waals surface area contributed by atoms with Gasteiger partial charge in [0.15, 0.2) is 5.96 Å². The normalized spacial score (nSPS) is 19.5.